The monoisotopic (exact) mass is 287 g/mol. The molecule has 20 heavy (non-hydrogen) atoms. The summed E-state index contributed by atoms with van der Waals surface area (Å²) in [5, 5.41) is 4.28. The van der Waals surface area contributed by atoms with E-state index in [1.165, 1.54) is 18.4 Å². The molecule has 2 aromatic carbocycles. The van der Waals surface area contributed by atoms with Gasteiger partial charge in [-0.1, -0.05) is 29.8 Å². The van der Waals surface area contributed by atoms with Crippen LogP contribution in [0.1, 0.15) is 24.0 Å². The van der Waals surface area contributed by atoms with Crippen molar-refractivity contribution < 1.29 is 4.74 Å². The lowest BCUT2D eigenvalue weighted by Crippen LogP contribution is -2.15. The van der Waals surface area contributed by atoms with Gasteiger partial charge in [-0.25, -0.2) is 0 Å². The van der Waals surface area contributed by atoms with Crippen molar-refractivity contribution in [1.29, 1.82) is 0 Å². The normalized spacial score (nSPS) is 14.3. The maximum atomic E-state index is 6.04. The molecule has 1 N–H and O–H groups in total. The quantitative estimate of drug-likeness (QED) is 0.861. The van der Waals surface area contributed by atoms with Crippen molar-refractivity contribution in [3.05, 3.63) is 58.6 Å². The zero-order valence-corrected chi connectivity index (χ0v) is 12.3. The summed E-state index contributed by atoms with van der Waals surface area (Å²) in [4.78, 5) is 0. The molecule has 0 aliphatic heterocycles. The van der Waals surface area contributed by atoms with E-state index in [4.69, 9.17) is 16.3 Å². The van der Waals surface area contributed by atoms with E-state index < -0.39 is 0 Å². The maximum Gasteiger partial charge on any atom is 0.131 e. The zero-order chi connectivity index (χ0) is 13.9. The number of benzene rings is 2. The largest absolute Gasteiger partial charge is 0.457 e. The van der Waals surface area contributed by atoms with E-state index in [2.05, 4.69) is 11.4 Å². The van der Waals surface area contributed by atoms with Crippen molar-refractivity contribution in [2.24, 2.45) is 0 Å². The lowest BCUT2D eigenvalue weighted by atomic mass is 10.2. The number of hydrogen-bond donors (Lipinski definition) is 1. The summed E-state index contributed by atoms with van der Waals surface area (Å²) in [6, 6.07) is 14.6. The maximum absolute atomic E-state index is 6.04. The number of hydrogen-bond acceptors (Lipinski definition) is 2. The Hall–Kier alpha value is -1.51. The Morgan fingerprint density at radius 3 is 2.75 bits per heavy atom. The first-order chi connectivity index (χ1) is 9.72. The molecule has 104 valence electrons. The summed E-state index contributed by atoms with van der Waals surface area (Å²) >= 11 is 6.04. The SMILES string of the molecule is Cc1cc(Oc2ccccc2CNC2CC2)ccc1Cl. The first kappa shape index (κ1) is 13.5. The summed E-state index contributed by atoms with van der Waals surface area (Å²) in [6.07, 6.45) is 2.58. The molecule has 0 heterocycles. The van der Waals surface area contributed by atoms with Gasteiger partial charge in [0, 0.05) is 23.2 Å². The highest BCUT2D eigenvalue weighted by Gasteiger charge is 2.20. The molecule has 0 saturated heterocycles. The number of rotatable bonds is 5. The van der Waals surface area contributed by atoms with Crippen LogP contribution in [0.5, 0.6) is 11.5 Å². The molecule has 0 amide bonds. The average molecular weight is 288 g/mol. The van der Waals surface area contributed by atoms with Gasteiger partial charge in [0.15, 0.2) is 0 Å². The van der Waals surface area contributed by atoms with Crippen LogP contribution in [0, 0.1) is 6.92 Å². The molecular weight excluding hydrogens is 270 g/mol. The predicted octanol–water partition coefficient (Wildman–Crippen LogP) is 4.69. The second-order valence-electron chi connectivity index (χ2n) is 5.28. The van der Waals surface area contributed by atoms with Gasteiger partial charge in [-0.15, -0.1) is 0 Å². The van der Waals surface area contributed by atoms with Crippen molar-refractivity contribution in [2.75, 3.05) is 0 Å². The van der Waals surface area contributed by atoms with Crippen molar-refractivity contribution >= 4 is 11.6 Å². The van der Waals surface area contributed by atoms with Gasteiger partial charge < -0.3 is 10.1 Å². The third kappa shape index (κ3) is 3.33. The molecule has 0 bridgehead atoms. The molecule has 0 unspecified atom stereocenters. The topological polar surface area (TPSA) is 21.3 Å². The van der Waals surface area contributed by atoms with Crippen LogP contribution in [-0.4, -0.2) is 6.04 Å². The summed E-state index contributed by atoms with van der Waals surface area (Å²) in [6.45, 7) is 2.84. The molecule has 0 spiro atoms. The van der Waals surface area contributed by atoms with Crippen LogP contribution in [-0.2, 0) is 6.54 Å². The van der Waals surface area contributed by atoms with Gasteiger partial charge in [-0.2, -0.15) is 0 Å². The number of para-hydroxylation sites is 1. The number of nitrogens with one attached hydrogen (secondary N) is 1. The molecular formula is C17H18ClNO. The van der Waals surface area contributed by atoms with Crippen LogP contribution in [0.3, 0.4) is 0 Å². The number of halogens is 1. The van der Waals surface area contributed by atoms with E-state index in [1.807, 2.05) is 43.3 Å². The Morgan fingerprint density at radius 1 is 1.20 bits per heavy atom. The molecule has 3 rings (SSSR count). The Kier molecular flexibility index (Phi) is 3.95. The predicted molar refractivity (Wildman–Crippen MR) is 82.6 cm³/mol. The van der Waals surface area contributed by atoms with Gasteiger partial charge in [0.25, 0.3) is 0 Å². The van der Waals surface area contributed by atoms with Gasteiger partial charge in [-0.3, -0.25) is 0 Å². The van der Waals surface area contributed by atoms with E-state index in [-0.39, 0.29) is 0 Å². The zero-order valence-electron chi connectivity index (χ0n) is 11.5. The fraction of sp³-hybridized carbons (Fsp3) is 0.294. The van der Waals surface area contributed by atoms with Crippen LogP contribution in [0.15, 0.2) is 42.5 Å². The summed E-state index contributed by atoms with van der Waals surface area (Å²) in [7, 11) is 0. The van der Waals surface area contributed by atoms with Crippen LogP contribution in [0.2, 0.25) is 5.02 Å². The molecule has 0 radical (unpaired) electrons. The standard InChI is InChI=1S/C17H18ClNO/c1-12-10-15(8-9-16(12)18)20-17-5-3-2-4-13(17)11-19-14-6-7-14/h2-5,8-10,14,19H,6-7,11H2,1H3. The highest BCUT2D eigenvalue weighted by Crippen LogP contribution is 2.29. The second kappa shape index (κ2) is 5.86. The second-order valence-corrected chi connectivity index (χ2v) is 5.68. The molecule has 1 aliphatic carbocycles. The number of aryl methyl sites for hydroxylation is 1. The third-order valence-corrected chi connectivity index (χ3v) is 3.91. The molecule has 3 heteroatoms. The van der Waals surface area contributed by atoms with Crippen LogP contribution in [0.4, 0.5) is 0 Å². The first-order valence-corrected chi connectivity index (χ1v) is 7.35. The Balaban J connectivity index is 1.76. The minimum absolute atomic E-state index is 0.695. The summed E-state index contributed by atoms with van der Waals surface area (Å²) < 4.78 is 6.00. The Bertz CT molecular complexity index is 608. The summed E-state index contributed by atoms with van der Waals surface area (Å²) in [5.74, 6) is 1.73. The van der Waals surface area contributed by atoms with Crippen LogP contribution >= 0.6 is 11.6 Å². The number of ether oxygens (including phenoxy) is 1. The minimum Gasteiger partial charge on any atom is -0.457 e. The third-order valence-electron chi connectivity index (χ3n) is 3.49. The van der Waals surface area contributed by atoms with Crippen molar-refractivity contribution in [3.63, 3.8) is 0 Å². The Morgan fingerprint density at radius 2 is 2.00 bits per heavy atom. The fourth-order valence-corrected chi connectivity index (χ4v) is 2.22. The molecule has 1 aliphatic rings. The van der Waals surface area contributed by atoms with E-state index in [0.29, 0.717) is 6.04 Å². The van der Waals surface area contributed by atoms with Crippen molar-refractivity contribution in [3.8, 4) is 11.5 Å². The molecule has 0 aromatic heterocycles. The first-order valence-electron chi connectivity index (χ1n) is 6.97. The molecule has 0 atom stereocenters. The average Bonchev–Trinajstić information content (AvgIpc) is 3.26. The lowest BCUT2D eigenvalue weighted by Gasteiger charge is -2.12. The highest BCUT2D eigenvalue weighted by atomic mass is 35.5. The van der Waals surface area contributed by atoms with E-state index in [0.717, 1.165) is 28.6 Å². The van der Waals surface area contributed by atoms with Gasteiger partial charge in [0.2, 0.25) is 0 Å². The van der Waals surface area contributed by atoms with Gasteiger partial charge in [0.05, 0.1) is 0 Å². The fourth-order valence-electron chi connectivity index (χ4n) is 2.10. The summed E-state index contributed by atoms with van der Waals surface area (Å²) in [5.41, 5.74) is 2.21. The smallest absolute Gasteiger partial charge is 0.131 e. The van der Waals surface area contributed by atoms with Gasteiger partial charge in [-0.05, 0) is 49.6 Å². The van der Waals surface area contributed by atoms with E-state index >= 15 is 0 Å². The lowest BCUT2D eigenvalue weighted by molar-refractivity contribution is 0.472. The van der Waals surface area contributed by atoms with Crippen molar-refractivity contribution in [1.82, 2.24) is 5.32 Å². The molecule has 1 fully saturated rings. The van der Waals surface area contributed by atoms with Gasteiger partial charge >= 0.3 is 0 Å². The molecule has 1 saturated carbocycles. The van der Waals surface area contributed by atoms with Crippen molar-refractivity contribution in [2.45, 2.75) is 32.4 Å². The Labute approximate surface area is 124 Å². The molecule has 2 aromatic rings. The van der Waals surface area contributed by atoms with E-state index in [1.54, 1.807) is 0 Å². The van der Waals surface area contributed by atoms with Gasteiger partial charge in [0.1, 0.15) is 11.5 Å². The minimum atomic E-state index is 0.695. The van der Waals surface area contributed by atoms with Crippen LogP contribution in [0.25, 0.3) is 0 Å². The highest BCUT2D eigenvalue weighted by molar-refractivity contribution is 6.31. The van der Waals surface area contributed by atoms with E-state index in [9.17, 15) is 0 Å². The van der Waals surface area contributed by atoms with Crippen LogP contribution < -0.4 is 10.1 Å². The molecule has 2 nitrogen and oxygen atoms in total.